The smallest absolute Gasteiger partial charge is 0.263 e. The fraction of sp³-hybridized carbons (Fsp3) is 0.200. The highest BCUT2D eigenvalue weighted by Crippen LogP contribution is 2.22. The standard InChI is InChI=1S/C20H20FN3O3S2/c1-13-4-3-5-14(2)19(13)23-18(25)11-8-16-12-28-20(22-16)24-29(26,27)17-9-6-15(21)7-10-17/h3-7,9-10,12H,8,11H2,1-2H3,(H,22,24)(H,23,25). The van der Waals surface area contributed by atoms with Crippen LogP contribution >= 0.6 is 11.3 Å². The largest absolute Gasteiger partial charge is 0.326 e. The predicted octanol–water partition coefficient (Wildman–Crippen LogP) is 4.27. The number of halogens is 1. The lowest BCUT2D eigenvalue weighted by atomic mass is 10.1. The minimum absolute atomic E-state index is 0.0522. The summed E-state index contributed by atoms with van der Waals surface area (Å²) in [6.07, 6.45) is 0.604. The Balaban J connectivity index is 1.59. The van der Waals surface area contributed by atoms with Gasteiger partial charge in [-0.3, -0.25) is 9.52 Å². The van der Waals surface area contributed by atoms with Crippen molar-refractivity contribution in [1.82, 2.24) is 4.98 Å². The first-order chi connectivity index (χ1) is 13.7. The molecular formula is C20H20FN3O3S2. The molecule has 0 saturated heterocycles. The summed E-state index contributed by atoms with van der Waals surface area (Å²) in [5.74, 6) is -0.650. The van der Waals surface area contributed by atoms with Crippen LogP contribution in [0.3, 0.4) is 0 Å². The Morgan fingerprint density at radius 2 is 1.76 bits per heavy atom. The minimum Gasteiger partial charge on any atom is -0.326 e. The van der Waals surface area contributed by atoms with Gasteiger partial charge in [-0.1, -0.05) is 18.2 Å². The number of amides is 1. The second kappa shape index (κ2) is 8.71. The molecule has 0 aliphatic rings. The number of hydrogen-bond acceptors (Lipinski definition) is 5. The first-order valence-corrected chi connectivity index (χ1v) is 11.2. The highest BCUT2D eigenvalue weighted by atomic mass is 32.2. The van der Waals surface area contributed by atoms with E-state index >= 15 is 0 Å². The molecule has 3 aromatic rings. The monoisotopic (exact) mass is 433 g/mol. The molecule has 0 aliphatic heterocycles. The van der Waals surface area contributed by atoms with E-state index in [-0.39, 0.29) is 22.4 Å². The van der Waals surface area contributed by atoms with Crippen LogP contribution in [0, 0.1) is 19.7 Å². The van der Waals surface area contributed by atoms with Crippen LogP contribution in [0.2, 0.25) is 0 Å². The van der Waals surface area contributed by atoms with Gasteiger partial charge in [0, 0.05) is 17.5 Å². The summed E-state index contributed by atoms with van der Waals surface area (Å²) < 4.78 is 40.0. The number of hydrogen-bond donors (Lipinski definition) is 2. The summed E-state index contributed by atoms with van der Waals surface area (Å²) in [6.45, 7) is 3.87. The molecule has 2 N–H and O–H groups in total. The summed E-state index contributed by atoms with van der Waals surface area (Å²) in [4.78, 5) is 16.4. The molecule has 0 radical (unpaired) electrons. The van der Waals surface area contributed by atoms with Crippen molar-refractivity contribution >= 4 is 38.1 Å². The number of thiazole rings is 1. The molecule has 0 bridgehead atoms. The Labute approximate surface area is 172 Å². The second-order valence-corrected chi connectivity index (χ2v) is 9.06. The van der Waals surface area contributed by atoms with Gasteiger partial charge in [0.2, 0.25) is 5.91 Å². The zero-order valence-electron chi connectivity index (χ0n) is 15.9. The molecule has 2 aromatic carbocycles. The van der Waals surface area contributed by atoms with Gasteiger partial charge in [-0.2, -0.15) is 0 Å². The SMILES string of the molecule is Cc1cccc(C)c1NC(=O)CCc1csc(NS(=O)(=O)c2ccc(F)cc2)n1. The van der Waals surface area contributed by atoms with Gasteiger partial charge in [-0.15, -0.1) is 11.3 Å². The van der Waals surface area contributed by atoms with Gasteiger partial charge in [-0.25, -0.2) is 17.8 Å². The number of nitrogens with zero attached hydrogens (tertiary/aromatic N) is 1. The molecule has 1 amide bonds. The van der Waals surface area contributed by atoms with Crippen molar-refractivity contribution in [3.8, 4) is 0 Å². The highest BCUT2D eigenvalue weighted by molar-refractivity contribution is 7.93. The summed E-state index contributed by atoms with van der Waals surface area (Å²) in [5, 5.41) is 4.81. The van der Waals surface area contributed by atoms with Crippen molar-refractivity contribution in [3.63, 3.8) is 0 Å². The van der Waals surface area contributed by atoms with E-state index in [0.717, 1.165) is 40.3 Å². The third kappa shape index (κ3) is 5.39. The number of carbonyl (C=O) groups excluding carboxylic acids is 1. The molecule has 29 heavy (non-hydrogen) atoms. The number of benzene rings is 2. The van der Waals surface area contributed by atoms with E-state index in [1.807, 2.05) is 32.0 Å². The normalized spacial score (nSPS) is 11.3. The van der Waals surface area contributed by atoms with Crippen molar-refractivity contribution in [2.24, 2.45) is 0 Å². The van der Waals surface area contributed by atoms with Crippen LogP contribution in [0.5, 0.6) is 0 Å². The van der Waals surface area contributed by atoms with Crippen LogP contribution in [0.25, 0.3) is 0 Å². The predicted molar refractivity (Wildman–Crippen MR) is 112 cm³/mol. The van der Waals surface area contributed by atoms with Crippen LogP contribution < -0.4 is 10.0 Å². The van der Waals surface area contributed by atoms with Crippen LogP contribution in [-0.2, 0) is 21.2 Å². The first kappa shape index (κ1) is 20.9. The number of sulfonamides is 1. The lowest BCUT2D eigenvalue weighted by Crippen LogP contribution is -2.14. The van der Waals surface area contributed by atoms with Gasteiger partial charge in [0.05, 0.1) is 10.6 Å². The molecule has 0 saturated carbocycles. The van der Waals surface area contributed by atoms with Crippen LogP contribution in [0.4, 0.5) is 15.2 Å². The number of aryl methyl sites for hydroxylation is 3. The van der Waals surface area contributed by atoms with Crippen molar-refractivity contribution in [2.45, 2.75) is 31.6 Å². The van der Waals surface area contributed by atoms with Crippen LogP contribution in [0.15, 0.2) is 52.7 Å². The fourth-order valence-corrected chi connectivity index (χ4v) is 4.71. The maximum Gasteiger partial charge on any atom is 0.263 e. The second-order valence-electron chi connectivity index (χ2n) is 6.52. The topological polar surface area (TPSA) is 88.2 Å². The number of para-hydroxylation sites is 1. The van der Waals surface area contributed by atoms with Gasteiger partial charge in [0.25, 0.3) is 10.0 Å². The molecule has 1 heterocycles. The molecule has 3 rings (SSSR count). The van der Waals surface area contributed by atoms with E-state index < -0.39 is 15.8 Å². The number of rotatable bonds is 7. The summed E-state index contributed by atoms with van der Waals surface area (Å²) >= 11 is 1.13. The van der Waals surface area contributed by atoms with E-state index in [0.29, 0.717) is 12.1 Å². The van der Waals surface area contributed by atoms with E-state index in [9.17, 15) is 17.6 Å². The van der Waals surface area contributed by atoms with Crippen LogP contribution in [-0.4, -0.2) is 19.3 Å². The van der Waals surface area contributed by atoms with Crippen molar-refractivity contribution in [2.75, 3.05) is 10.0 Å². The summed E-state index contributed by atoms with van der Waals surface area (Å²) in [7, 11) is -3.85. The Morgan fingerprint density at radius 1 is 1.10 bits per heavy atom. The third-order valence-corrected chi connectivity index (χ3v) is 6.54. The molecular weight excluding hydrogens is 413 g/mol. The Morgan fingerprint density at radius 3 is 2.41 bits per heavy atom. The Kier molecular flexibility index (Phi) is 6.29. The maximum atomic E-state index is 13.0. The number of carbonyl (C=O) groups is 1. The molecule has 0 spiro atoms. The summed E-state index contributed by atoms with van der Waals surface area (Å²) in [6, 6.07) is 10.3. The minimum atomic E-state index is -3.85. The van der Waals surface area contributed by atoms with Crippen molar-refractivity contribution < 1.29 is 17.6 Å². The van der Waals surface area contributed by atoms with E-state index in [4.69, 9.17) is 0 Å². The fourth-order valence-electron chi connectivity index (χ4n) is 2.71. The van der Waals surface area contributed by atoms with E-state index in [1.165, 1.54) is 12.1 Å². The number of aromatic nitrogens is 1. The molecule has 152 valence electrons. The van der Waals surface area contributed by atoms with Crippen molar-refractivity contribution in [1.29, 1.82) is 0 Å². The molecule has 0 fully saturated rings. The quantitative estimate of drug-likeness (QED) is 0.582. The van der Waals surface area contributed by atoms with Gasteiger partial charge in [0.1, 0.15) is 5.82 Å². The van der Waals surface area contributed by atoms with Crippen LogP contribution in [0.1, 0.15) is 23.2 Å². The summed E-state index contributed by atoms with van der Waals surface area (Å²) in [5.41, 5.74) is 3.40. The average Bonchev–Trinajstić information content (AvgIpc) is 3.10. The third-order valence-electron chi connectivity index (χ3n) is 4.25. The van der Waals surface area contributed by atoms with Gasteiger partial charge in [0.15, 0.2) is 5.13 Å². The maximum absolute atomic E-state index is 13.0. The molecule has 0 unspecified atom stereocenters. The van der Waals surface area contributed by atoms with Gasteiger partial charge >= 0.3 is 0 Å². The Bertz CT molecular complexity index is 1110. The van der Waals surface area contributed by atoms with Crippen molar-refractivity contribution in [3.05, 3.63) is 70.5 Å². The van der Waals surface area contributed by atoms with Gasteiger partial charge < -0.3 is 5.32 Å². The van der Waals surface area contributed by atoms with E-state index in [1.54, 1.807) is 5.38 Å². The van der Waals surface area contributed by atoms with E-state index in [2.05, 4.69) is 15.0 Å². The van der Waals surface area contributed by atoms with Gasteiger partial charge in [-0.05, 0) is 55.7 Å². The first-order valence-electron chi connectivity index (χ1n) is 8.83. The lowest BCUT2D eigenvalue weighted by molar-refractivity contribution is -0.116. The zero-order valence-corrected chi connectivity index (χ0v) is 17.5. The average molecular weight is 434 g/mol. The number of anilines is 2. The molecule has 9 heteroatoms. The Hall–Kier alpha value is -2.78. The highest BCUT2D eigenvalue weighted by Gasteiger charge is 2.16. The molecule has 1 aromatic heterocycles. The molecule has 6 nitrogen and oxygen atoms in total. The molecule has 0 atom stereocenters. The molecule has 0 aliphatic carbocycles. The zero-order chi connectivity index (χ0) is 21.0. The number of nitrogens with one attached hydrogen (secondary N) is 2. The lowest BCUT2D eigenvalue weighted by Gasteiger charge is -2.11.